The zero-order valence-corrected chi connectivity index (χ0v) is 19.8. The van der Waals surface area contributed by atoms with Crippen LogP contribution >= 0.6 is 0 Å². The third kappa shape index (κ3) is 5.26. The van der Waals surface area contributed by atoms with Crippen LogP contribution in [0.15, 0.2) is 71.6 Å². The Hall–Kier alpha value is -3.72. The molecule has 0 saturated carbocycles. The molecule has 3 aromatic rings. The zero-order valence-electron chi connectivity index (χ0n) is 19.0. The second kappa shape index (κ2) is 10.0. The molecule has 0 unspecified atom stereocenters. The number of benzene rings is 3. The Labute approximate surface area is 199 Å². The number of nitrogens with one attached hydrogen (secondary N) is 1. The summed E-state index contributed by atoms with van der Waals surface area (Å²) in [6, 6.07) is 18.1. The number of nitrogens with zero attached hydrogens (tertiary/aromatic N) is 1. The smallest absolute Gasteiger partial charge is 0.264 e. The Morgan fingerprint density at radius 1 is 0.971 bits per heavy atom. The fourth-order valence-corrected chi connectivity index (χ4v) is 4.89. The normalized spacial score (nSPS) is 13.0. The van der Waals surface area contributed by atoms with E-state index in [4.69, 9.17) is 14.2 Å². The number of methoxy groups -OCH3 is 1. The maximum atomic E-state index is 13.5. The van der Waals surface area contributed by atoms with Gasteiger partial charge in [0.25, 0.3) is 10.0 Å². The molecule has 1 aliphatic heterocycles. The van der Waals surface area contributed by atoms with E-state index in [2.05, 4.69) is 5.32 Å². The van der Waals surface area contributed by atoms with Gasteiger partial charge in [0.2, 0.25) is 5.91 Å². The van der Waals surface area contributed by atoms with E-state index in [0.29, 0.717) is 41.8 Å². The average molecular weight is 483 g/mol. The minimum Gasteiger partial charge on any atom is -0.497 e. The number of carbonyl (C=O) groups is 1. The van der Waals surface area contributed by atoms with Crippen LogP contribution in [0.3, 0.4) is 0 Å². The number of anilines is 2. The lowest BCUT2D eigenvalue weighted by Gasteiger charge is -2.24. The summed E-state index contributed by atoms with van der Waals surface area (Å²) in [5, 5.41) is 2.76. The van der Waals surface area contributed by atoms with Crippen molar-refractivity contribution in [3.8, 4) is 17.2 Å². The molecule has 0 spiro atoms. The molecule has 3 aromatic carbocycles. The van der Waals surface area contributed by atoms with Gasteiger partial charge in [-0.25, -0.2) is 8.42 Å². The van der Waals surface area contributed by atoms with Gasteiger partial charge in [0.15, 0.2) is 11.5 Å². The molecular weight excluding hydrogens is 456 g/mol. The third-order valence-electron chi connectivity index (χ3n) is 5.29. The number of aryl methyl sites for hydroxylation is 1. The highest BCUT2D eigenvalue weighted by molar-refractivity contribution is 7.92. The molecule has 8 nitrogen and oxygen atoms in total. The molecule has 0 bridgehead atoms. The predicted molar refractivity (Wildman–Crippen MR) is 129 cm³/mol. The van der Waals surface area contributed by atoms with E-state index in [9.17, 15) is 13.2 Å². The summed E-state index contributed by atoms with van der Waals surface area (Å²) in [5.74, 6) is 1.22. The van der Waals surface area contributed by atoms with Gasteiger partial charge in [0.1, 0.15) is 12.3 Å². The van der Waals surface area contributed by atoms with Crippen LogP contribution in [-0.4, -0.2) is 41.2 Å². The molecule has 1 amide bonds. The number of fused-ring (bicyclic) bond motifs is 1. The van der Waals surface area contributed by atoms with Gasteiger partial charge in [0, 0.05) is 18.2 Å². The molecule has 0 atom stereocenters. The molecule has 0 saturated heterocycles. The maximum Gasteiger partial charge on any atom is 0.264 e. The van der Waals surface area contributed by atoms with Crippen LogP contribution in [0.2, 0.25) is 0 Å². The third-order valence-corrected chi connectivity index (χ3v) is 7.08. The zero-order chi connectivity index (χ0) is 24.1. The van der Waals surface area contributed by atoms with Crippen molar-refractivity contribution in [2.24, 2.45) is 0 Å². The van der Waals surface area contributed by atoms with Gasteiger partial charge in [0.05, 0.1) is 30.9 Å². The SMILES string of the molecule is COc1ccc(N(CC(=O)Nc2ccc3c(c2)OCCCO3)S(=O)(=O)c2ccc(C)cc2)cc1. The topological polar surface area (TPSA) is 94.2 Å². The lowest BCUT2D eigenvalue weighted by Crippen LogP contribution is -2.38. The lowest BCUT2D eigenvalue weighted by molar-refractivity contribution is -0.114. The number of ether oxygens (including phenoxy) is 3. The van der Waals surface area contributed by atoms with Gasteiger partial charge in [-0.3, -0.25) is 9.10 Å². The summed E-state index contributed by atoms with van der Waals surface area (Å²) >= 11 is 0. The summed E-state index contributed by atoms with van der Waals surface area (Å²) in [6.07, 6.45) is 0.768. The molecule has 34 heavy (non-hydrogen) atoms. The van der Waals surface area contributed by atoms with Gasteiger partial charge in [-0.15, -0.1) is 0 Å². The van der Waals surface area contributed by atoms with Crippen molar-refractivity contribution in [2.45, 2.75) is 18.2 Å². The van der Waals surface area contributed by atoms with E-state index < -0.39 is 22.5 Å². The second-order valence-electron chi connectivity index (χ2n) is 7.78. The molecular formula is C25H26N2O6S. The molecule has 0 aliphatic carbocycles. The Bertz CT molecular complexity index is 1260. The number of sulfonamides is 1. The van der Waals surface area contributed by atoms with Gasteiger partial charge >= 0.3 is 0 Å². The summed E-state index contributed by atoms with van der Waals surface area (Å²) < 4.78 is 44.5. The summed E-state index contributed by atoms with van der Waals surface area (Å²) in [7, 11) is -2.48. The van der Waals surface area contributed by atoms with Crippen LogP contribution in [0.25, 0.3) is 0 Å². The minimum atomic E-state index is -4.01. The molecule has 0 aromatic heterocycles. The Kier molecular flexibility index (Phi) is 6.93. The van der Waals surface area contributed by atoms with E-state index in [1.807, 2.05) is 6.92 Å². The van der Waals surface area contributed by atoms with Crippen LogP contribution in [0.1, 0.15) is 12.0 Å². The van der Waals surface area contributed by atoms with Crippen molar-refractivity contribution < 1.29 is 27.4 Å². The van der Waals surface area contributed by atoms with E-state index >= 15 is 0 Å². The first-order valence-electron chi connectivity index (χ1n) is 10.8. The Morgan fingerprint density at radius 2 is 1.65 bits per heavy atom. The molecule has 4 rings (SSSR count). The molecule has 1 aliphatic rings. The maximum absolute atomic E-state index is 13.5. The fraction of sp³-hybridized carbons (Fsp3) is 0.240. The van der Waals surface area contributed by atoms with Crippen molar-refractivity contribution >= 4 is 27.3 Å². The van der Waals surface area contributed by atoms with Crippen molar-refractivity contribution in [3.05, 3.63) is 72.3 Å². The number of hydrogen-bond donors (Lipinski definition) is 1. The molecule has 9 heteroatoms. The van der Waals surface area contributed by atoms with Gasteiger partial charge in [-0.2, -0.15) is 0 Å². The second-order valence-corrected chi connectivity index (χ2v) is 9.65. The fourth-order valence-electron chi connectivity index (χ4n) is 3.47. The average Bonchev–Trinajstić information content (AvgIpc) is 3.08. The van der Waals surface area contributed by atoms with E-state index in [1.54, 1.807) is 54.6 Å². The van der Waals surface area contributed by atoms with Crippen LogP contribution in [0.5, 0.6) is 17.2 Å². The van der Waals surface area contributed by atoms with Crippen LogP contribution < -0.4 is 23.8 Å². The van der Waals surface area contributed by atoms with Gasteiger partial charge in [-0.05, 0) is 55.5 Å². The van der Waals surface area contributed by atoms with Crippen molar-refractivity contribution in [2.75, 3.05) is 36.5 Å². The molecule has 0 fully saturated rings. The quantitative estimate of drug-likeness (QED) is 0.547. The van der Waals surface area contributed by atoms with Crippen molar-refractivity contribution in [1.82, 2.24) is 0 Å². The first-order valence-corrected chi connectivity index (χ1v) is 12.2. The minimum absolute atomic E-state index is 0.0947. The highest BCUT2D eigenvalue weighted by atomic mass is 32.2. The molecule has 1 N–H and O–H groups in total. The molecule has 0 radical (unpaired) electrons. The summed E-state index contributed by atoms with van der Waals surface area (Å²) in [4.78, 5) is 13.1. The number of amides is 1. The van der Waals surface area contributed by atoms with E-state index in [-0.39, 0.29) is 4.90 Å². The van der Waals surface area contributed by atoms with Crippen LogP contribution in [-0.2, 0) is 14.8 Å². The predicted octanol–water partition coefficient (Wildman–Crippen LogP) is 4.00. The Balaban J connectivity index is 1.60. The first kappa shape index (κ1) is 23.4. The van der Waals surface area contributed by atoms with Gasteiger partial charge < -0.3 is 19.5 Å². The number of rotatable bonds is 7. The molecule has 178 valence electrons. The van der Waals surface area contributed by atoms with Crippen LogP contribution in [0, 0.1) is 6.92 Å². The lowest BCUT2D eigenvalue weighted by atomic mass is 10.2. The van der Waals surface area contributed by atoms with E-state index in [0.717, 1.165) is 16.3 Å². The number of hydrogen-bond acceptors (Lipinski definition) is 6. The van der Waals surface area contributed by atoms with Crippen molar-refractivity contribution in [1.29, 1.82) is 0 Å². The number of carbonyl (C=O) groups excluding carboxylic acids is 1. The van der Waals surface area contributed by atoms with Crippen LogP contribution in [0.4, 0.5) is 11.4 Å². The highest BCUT2D eigenvalue weighted by Crippen LogP contribution is 2.32. The largest absolute Gasteiger partial charge is 0.497 e. The first-order chi connectivity index (χ1) is 16.4. The van der Waals surface area contributed by atoms with E-state index in [1.165, 1.54) is 19.2 Å². The molecule has 1 heterocycles. The Morgan fingerprint density at radius 3 is 2.32 bits per heavy atom. The monoisotopic (exact) mass is 482 g/mol. The van der Waals surface area contributed by atoms with Crippen molar-refractivity contribution in [3.63, 3.8) is 0 Å². The highest BCUT2D eigenvalue weighted by Gasteiger charge is 2.27. The van der Waals surface area contributed by atoms with Gasteiger partial charge in [-0.1, -0.05) is 17.7 Å². The summed E-state index contributed by atoms with van der Waals surface area (Å²) in [6.45, 7) is 2.54. The standard InChI is InChI=1S/C25H26N2O6S/c1-18-4-11-22(12-5-18)34(29,30)27(20-7-9-21(31-2)10-8-20)17-25(28)26-19-6-13-23-24(16-19)33-15-3-14-32-23/h4-13,16H,3,14-15,17H2,1-2H3,(H,26,28). The summed E-state index contributed by atoms with van der Waals surface area (Å²) in [5.41, 5.74) is 1.76.